The van der Waals surface area contributed by atoms with Crippen LogP contribution in [-0.2, 0) is 6.54 Å². The smallest absolute Gasteiger partial charge is 0.262 e. The van der Waals surface area contributed by atoms with Gasteiger partial charge in [-0.1, -0.05) is 23.4 Å². The zero-order valence-corrected chi connectivity index (χ0v) is 15.4. The number of hydrogen-bond acceptors (Lipinski definition) is 5. The molecule has 0 N–H and O–H groups in total. The molecule has 3 aromatic rings. The molecule has 3 rings (SSSR count). The van der Waals surface area contributed by atoms with Gasteiger partial charge >= 0.3 is 0 Å². The summed E-state index contributed by atoms with van der Waals surface area (Å²) in [4.78, 5) is 25.8. The van der Waals surface area contributed by atoms with Crippen LogP contribution in [0.2, 0.25) is 5.02 Å². The van der Waals surface area contributed by atoms with Crippen molar-refractivity contribution >= 4 is 50.2 Å². The largest absolute Gasteiger partial charge is 0.299 e. The van der Waals surface area contributed by atoms with Gasteiger partial charge in [0.05, 0.1) is 41.3 Å². The molecule has 0 spiro atoms. The Hall–Kier alpha value is -1.51. The number of alkyl halides is 1. The van der Waals surface area contributed by atoms with Gasteiger partial charge in [0, 0.05) is 11.4 Å². The molecule has 124 valence electrons. The van der Waals surface area contributed by atoms with E-state index in [1.54, 1.807) is 24.5 Å². The van der Waals surface area contributed by atoms with Crippen molar-refractivity contribution in [1.82, 2.24) is 19.5 Å². The predicted molar refractivity (Wildman–Crippen MR) is 95.5 cm³/mol. The monoisotopic (exact) mass is 428 g/mol. The van der Waals surface area contributed by atoms with Crippen LogP contribution in [0.1, 0.15) is 6.42 Å². The maximum Gasteiger partial charge on any atom is 0.262 e. The molecule has 0 aliphatic carbocycles. The first-order chi connectivity index (χ1) is 11.6. The van der Waals surface area contributed by atoms with Crippen molar-refractivity contribution < 1.29 is 4.39 Å². The van der Waals surface area contributed by atoms with E-state index in [-0.39, 0.29) is 18.5 Å². The van der Waals surface area contributed by atoms with Crippen LogP contribution in [-0.4, -0.2) is 26.2 Å². The van der Waals surface area contributed by atoms with Gasteiger partial charge in [-0.3, -0.25) is 13.8 Å². The standard InChI is InChI=1S/C15H11BrClFN4OS/c16-11-6-20-12(7-19-11)24-10-3-2-9-13(14(10)17)15(23)22(8-21-9)5-1-4-18/h2-3,6-8H,1,4-5H2. The molecule has 0 radical (unpaired) electrons. The number of fused-ring (bicyclic) bond motifs is 1. The quantitative estimate of drug-likeness (QED) is 0.611. The number of aryl methyl sites for hydroxylation is 1. The second-order valence-electron chi connectivity index (χ2n) is 4.84. The van der Waals surface area contributed by atoms with E-state index in [2.05, 4.69) is 30.9 Å². The topological polar surface area (TPSA) is 60.7 Å². The van der Waals surface area contributed by atoms with Gasteiger partial charge in [-0.25, -0.2) is 15.0 Å². The highest BCUT2D eigenvalue weighted by Crippen LogP contribution is 2.35. The van der Waals surface area contributed by atoms with Crippen molar-refractivity contribution in [2.24, 2.45) is 0 Å². The molecule has 9 heteroatoms. The van der Waals surface area contributed by atoms with E-state index >= 15 is 0 Å². The third-order valence-corrected chi connectivity index (χ3v) is 5.13. The maximum atomic E-state index is 12.6. The Balaban J connectivity index is 2.03. The molecule has 24 heavy (non-hydrogen) atoms. The first-order valence-electron chi connectivity index (χ1n) is 6.99. The average molecular weight is 430 g/mol. The minimum atomic E-state index is -0.490. The van der Waals surface area contributed by atoms with Crippen LogP contribution in [0.25, 0.3) is 10.9 Å². The molecule has 0 fully saturated rings. The molecule has 0 amide bonds. The lowest BCUT2D eigenvalue weighted by Crippen LogP contribution is -2.21. The Labute approximate surface area is 154 Å². The fraction of sp³-hybridized carbons (Fsp3) is 0.200. The van der Waals surface area contributed by atoms with Crippen molar-refractivity contribution in [2.75, 3.05) is 6.67 Å². The molecular weight excluding hydrogens is 419 g/mol. The average Bonchev–Trinajstić information content (AvgIpc) is 2.58. The summed E-state index contributed by atoms with van der Waals surface area (Å²) in [5.41, 5.74) is 0.232. The van der Waals surface area contributed by atoms with Gasteiger partial charge in [0.2, 0.25) is 0 Å². The highest BCUT2D eigenvalue weighted by atomic mass is 79.9. The molecule has 0 bridgehead atoms. The predicted octanol–water partition coefficient (Wildman–Crippen LogP) is 4.11. The summed E-state index contributed by atoms with van der Waals surface area (Å²) in [6.07, 6.45) is 4.87. The summed E-state index contributed by atoms with van der Waals surface area (Å²) in [5.74, 6) is 0. The highest BCUT2D eigenvalue weighted by Gasteiger charge is 2.13. The molecule has 0 aliphatic heterocycles. The summed E-state index contributed by atoms with van der Waals surface area (Å²) >= 11 is 11.0. The molecule has 0 atom stereocenters. The minimum Gasteiger partial charge on any atom is -0.299 e. The number of aromatic nitrogens is 4. The number of nitrogens with zero attached hydrogens (tertiary/aromatic N) is 4. The molecule has 0 unspecified atom stereocenters. The first-order valence-corrected chi connectivity index (χ1v) is 8.98. The third-order valence-electron chi connectivity index (χ3n) is 3.24. The molecule has 0 saturated heterocycles. The van der Waals surface area contributed by atoms with E-state index in [0.29, 0.717) is 30.5 Å². The van der Waals surface area contributed by atoms with Gasteiger partial charge in [-0.05, 0) is 34.5 Å². The third kappa shape index (κ3) is 3.60. The summed E-state index contributed by atoms with van der Waals surface area (Å²) < 4.78 is 14.4. The summed E-state index contributed by atoms with van der Waals surface area (Å²) in [5, 5.41) is 1.29. The van der Waals surface area contributed by atoms with Gasteiger partial charge in [-0.2, -0.15) is 0 Å². The zero-order valence-electron chi connectivity index (χ0n) is 12.2. The van der Waals surface area contributed by atoms with Gasteiger partial charge in [-0.15, -0.1) is 0 Å². The number of hydrogen-bond donors (Lipinski definition) is 0. The van der Waals surface area contributed by atoms with E-state index in [1.165, 1.54) is 22.7 Å². The Morgan fingerprint density at radius 2 is 2.08 bits per heavy atom. The molecule has 2 aromatic heterocycles. The fourth-order valence-corrected chi connectivity index (χ4v) is 3.44. The Kier molecular flexibility index (Phi) is 5.47. The number of rotatable bonds is 5. The second-order valence-corrected chi connectivity index (χ2v) is 7.09. The summed E-state index contributed by atoms with van der Waals surface area (Å²) in [6, 6.07) is 3.52. The molecule has 5 nitrogen and oxygen atoms in total. The van der Waals surface area contributed by atoms with E-state index in [9.17, 15) is 9.18 Å². The van der Waals surface area contributed by atoms with E-state index < -0.39 is 6.67 Å². The lowest BCUT2D eigenvalue weighted by molar-refractivity contribution is 0.443. The van der Waals surface area contributed by atoms with Crippen LogP contribution in [0, 0.1) is 0 Å². The van der Waals surface area contributed by atoms with Gasteiger partial charge in [0.1, 0.15) is 9.63 Å². The Morgan fingerprint density at radius 1 is 1.25 bits per heavy atom. The van der Waals surface area contributed by atoms with Crippen LogP contribution in [0.15, 0.2) is 50.2 Å². The van der Waals surface area contributed by atoms with E-state index in [4.69, 9.17) is 11.6 Å². The molecular formula is C15H11BrClFN4OS. The number of benzene rings is 1. The van der Waals surface area contributed by atoms with E-state index in [0.717, 1.165) is 0 Å². The highest BCUT2D eigenvalue weighted by molar-refractivity contribution is 9.10. The van der Waals surface area contributed by atoms with Crippen LogP contribution >= 0.6 is 39.3 Å². The lowest BCUT2D eigenvalue weighted by Gasteiger charge is -2.09. The van der Waals surface area contributed by atoms with Crippen molar-refractivity contribution in [3.63, 3.8) is 0 Å². The normalized spacial score (nSPS) is 11.1. The maximum absolute atomic E-state index is 12.6. The lowest BCUT2D eigenvalue weighted by atomic mass is 10.2. The van der Waals surface area contributed by atoms with Crippen molar-refractivity contribution in [3.05, 3.63) is 50.8 Å². The Morgan fingerprint density at radius 3 is 2.79 bits per heavy atom. The number of halogens is 3. The molecule has 0 aliphatic rings. The van der Waals surface area contributed by atoms with Crippen LogP contribution < -0.4 is 5.56 Å². The van der Waals surface area contributed by atoms with Gasteiger partial charge in [0.15, 0.2) is 0 Å². The fourth-order valence-electron chi connectivity index (χ4n) is 2.12. The SMILES string of the molecule is O=c1c2c(Cl)c(Sc3cnc(Br)cn3)ccc2ncn1CCCF. The van der Waals surface area contributed by atoms with Gasteiger partial charge in [0.25, 0.3) is 5.56 Å². The molecule has 1 aromatic carbocycles. The van der Waals surface area contributed by atoms with Crippen molar-refractivity contribution in [1.29, 1.82) is 0 Å². The summed E-state index contributed by atoms with van der Waals surface area (Å²) in [6.45, 7) is -0.222. The Bertz CT molecular complexity index is 935. The molecule has 0 saturated carbocycles. The second kappa shape index (κ2) is 7.58. The van der Waals surface area contributed by atoms with Crippen LogP contribution in [0.4, 0.5) is 4.39 Å². The van der Waals surface area contributed by atoms with Crippen LogP contribution in [0.3, 0.4) is 0 Å². The zero-order chi connectivity index (χ0) is 17.1. The summed E-state index contributed by atoms with van der Waals surface area (Å²) in [7, 11) is 0. The van der Waals surface area contributed by atoms with E-state index in [1.807, 2.05) is 0 Å². The van der Waals surface area contributed by atoms with Crippen molar-refractivity contribution in [2.45, 2.75) is 22.9 Å². The molecule has 2 heterocycles. The first kappa shape index (κ1) is 17.3. The minimum absolute atomic E-state index is 0.258. The van der Waals surface area contributed by atoms with Gasteiger partial charge < -0.3 is 0 Å². The van der Waals surface area contributed by atoms with Crippen molar-refractivity contribution in [3.8, 4) is 0 Å². The van der Waals surface area contributed by atoms with Crippen LogP contribution in [0.5, 0.6) is 0 Å².